The maximum Gasteiger partial charge on any atom is 0.203 e. The number of nitrogens with two attached hydrogens (primary N) is 1. The van der Waals surface area contributed by atoms with Crippen LogP contribution in [0.15, 0.2) is 12.1 Å². The van der Waals surface area contributed by atoms with Crippen LogP contribution in [0.3, 0.4) is 0 Å². The Morgan fingerprint density at radius 3 is 2.12 bits per heavy atom. The van der Waals surface area contributed by atoms with Gasteiger partial charge in [-0.05, 0) is 43.6 Å². The van der Waals surface area contributed by atoms with Crippen molar-refractivity contribution in [3.05, 3.63) is 17.7 Å². The molecule has 1 fully saturated rings. The number of benzene rings is 1. The van der Waals surface area contributed by atoms with Gasteiger partial charge < -0.3 is 24.8 Å². The van der Waals surface area contributed by atoms with E-state index < -0.39 is 0 Å². The Hall–Kier alpha value is -1.50. The summed E-state index contributed by atoms with van der Waals surface area (Å²) in [4.78, 5) is 4.97. The predicted molar refractivity (Wildman–Crippen MR) is 105 cm³/mol. The van der Waals surface area contributed by atoms with Crippen molar-refractivity contribution >= 4 is 0 Å². The molecule has 148 valence electrons. The minimum atomic E-state index is 0.674. The van der Waals surface area contributed by atoms with Gasteiger partial charge in [0.25, 0.3) is 0 Å². The topological polar surface area (TPSA) is 60.2 Å². The minimum absolute atomic E-state index is 0.674. The van der Waals surface area contributed by atoms with Crippen molar-refractivity contribution in [3.8, 4) is 17.2 Å². The maximum absolute atomic E-state index is 5.91. The summed E-state index contributed by atoms with van der Waals surface area (Å²) >= 11 is 0. The van der Waals surface area contributed by atoms with E-state index in [0.29, 0.717) is 12.4 Å². The monoisotopic (exact) mass is 365 g/mol. The highest BCUT2D eigenvalue weighted by Crippen LogP contribution is 2.39. The Morgan fingerprint density at radius 2 is 1.58 bits per heavy atom. The highest BCUT2D eigenvalue weighted by atomic mass is 16.5. The van der Waals surface area contributed by atoms with Gasteiger partial charge in [-0.25, -0.2) is 0 Å². The van der Waals surface area contributed by atoms with Crippen LogP contribution in [0.25, 0.3) is 0 Å². The van der Waals surface area contributed by atoms with E-state index in [0.717, 1.165) is 76.6 Å². The van der Waals surface area contributed by atoms with E-state index in [4.69, 9.17) is 19.9 Å². The standard InChI is InChI=1S/C20H35N3O3/c1-4-5-13-26-20-18(24-2)14-17(15-19(20)25-3)16-23-11-9-22(10-12-23)8-6-7-21/h14-15H,4-13,16,21H2,1-3H3. The second-order valence-electron chi connectivity index (χ2n) is 6.79. The van der Waals surface area contributed by atoms with Crippen LogP contribution < -0.4 is 19.9 Å². The summed E-state index contributed by atoms with van der Waals surface area (Å²) in [6.45, 7) is 9.95. The smallest absolute Gasteiger partial charge is 0.203 e. The zero-order valence-electron chi connectivity index (χ0n) is 16.6. The van der Waals surface area contributed by atoms with E-state index in [1.807, 2.05) is 0 Å². The number of hydrogen-bond donors (Lipinski definition) is 1. The molecule has 0 saturated carbocycles. The van der Waals surface area contributed by atoms with Gasteiger partial charge in [-0.15, -0.1) is 0 Å². The second kappa shape index (κ2) is 11.3. The third-order valence-electron chi connectivity index (χ3n) is 4.81. The molecule has 1 saturated heterocycles. The molecule has 1 aromatic rings. The summed E-state index contributed by atoms with van der Waals surface area (Å²) in [6, 6.07) is 4.15. The first-order valence-electron chi connectivity index (χ1n) is 9.74. The summed E-state index contributed by atoms with van der Waals surface area (Å²) in [6.07, 6.45) is 3.19. The van der Waals surface area contributed by atoms with E-state index >= 15 is 0 Å². The number of hydrogen-bond acceptors (Lipinski definition) is 6. The molecule has 0 aliphatic carbocycles. The lowest BCUT2D eigenvalue weighted by Gasteiger charge is -2.34. The molecule has 6 heteroatoms. The van der Waals surface area contributed by atoms with Crippen molar-refractivity contribution < 1.29 is 14.2 Å². The fourth-order valence-corrected chi connectivity index (χ4v) is 3.23. The molecule has 0 unspecified atom stereocenters. The molecule has 1 aliphatic rings. The van der Waals surface area contributed by atoms with Crippen LogP contribution in [0.2, 0.25) is 0 Å². The van der Waals surface area contributed by atoms with Crippen LogP contribution in [0, 0.1) is 0 Å². The lowest BCUT2D eigenvalue weighted by atomic mass is 10.1. The highest BCUT2D eigenvalue weighted by molar-refractivity contribution is 5.53. The molecule has 0 amide bonds. The quantitative estimate of drug-likeness (QED) is 0.608. The summed E-state index contributed by atoms with van der Waals surface area (Å²) in [5.74, 6) is 2.20. The van der Waals surface area contributed by atoms with Crippen molar-refractivity contribution in [3.63, 3.8) is 0 Å². The SMILES string of the molecule is CCCCOc1c(OC)cc(CN2CCN(CCCN)CC2)cc1OC. The van der Waals surface area contributed by atoms with E-state index in [9.17, 15) is 0 Å². The molecule has 6 nitrogen and oxygen atoms in total. The van der Waals surface area contributed by atoms with Gasteiger partial charge in [0.2, 0.25) is 5.75 Å². The fourth-order valence-electron chi connectivity index (χ4n) is 3.23. The Labute approximate surface area is 158 Å². The van der Waals surface area contributed by atoms with Crippen molar-refractivity contribution in [1.82, 2.24) is 9.80 Å². The van der Waals surface area contributed by atoms with Crippen molar-refractivity contribution in [2.75, 3.05) is 60.1 Å². The normalized spacial score (nSPS) is 15.8. The van der Waals surface area contributed by atoms with Gasteiger partial charge in [-0.1, -0.05) is 13.3 Å². The van der Waals surface area contributed by atoms with Crippen molar-refractivity contribution in [1.29, 1.82) is 0 Å². The van der Waals surface area contributed by atoms with Gasteiger partial charge in [0, 0.05) is 32.7 Å². The van der Waals surface area contributed by atoms with Crippen molar-refractivity contribution in [2.45, 2.75) is 32.7 Å². The molecule has 2 rings (SSSR count). The summed E-state index contributed by atoms with van der Waals surface area (Å²) in [7, 11) is 3.36. The Morgan fingerprint density at radius 1 is 0.962 bits per heavy atom. The molecular formula is C20H35N3O3. The summed E-state index contributed by atoms with van der Waals surface area (Å²) in [5, 5.41) is 0. The lowest BCUT2D eigenvalue weighted by Crippen LogP contribution is -2.46. The zero-order chi connectivity index (χ0) is 18.8. The van der Waals surface area contributed by atoms with Gasteiger partial charge in [0.1, 0.15) is 0 Å². The Bertz CT molecular complexity index is 506. The van der Waals surface area contributed by atoms with Gasteiger partial charge in [0.05, 0.1) is 20.8 Å². The first kappa shape index (κ1) is 20.8. The average molecular weight is 366 g/mol. The molecule has 1 aliphatic heterocycles. The van der Waals surface area contributed by atoms with E-state index in [1.165, 1.54) is 5.56 Å². The Balaban J connectivity index is 1.99. The molecule has 2 N–H and O–H groups in total. The zero-order valence-corrected chi connectivity index (χ0v) is 16.6. The molecule has 1 heterocycles. The molecule has 0 bridgehead atoms. The number of unbranched alkanes of at least 4 members (excludes halogenated alkanes) is 1. The van der Waals surface area contributed by atoms with Crippen molar-refractivity contribution in [2.24, 2.45) is 5.73 Å². The fraction of sp³-hybridized carbons (Fsp3) is 0.700. The van der Waals surface area contributed by atoms with Gasteiger partial charge in [0.15, 0.2) is 11.5 Å². The van der Waals surface area contributed by atoms with Crippen LogP contribution in [-0.2, 0) is 6.54 Å². The van der Waals surface area contributed by atoms with Gasteiger partial charge in [-0.3, -0.25) is 4.90 Å². The molecule has 0 aromatic heterocycles. The van der Waals surface area contributed by atoms with Crippen LogP contribution in [0.5, 0.6) is 17.2 Å². The number of methoxy groups -OCH3 is 2. The highest BCUT2D eigenvalue weighted by Gasteiger charge is 2.19. The molecule has 0 spiro atoms. The molecular weight excluding hydrogens is 330 g/mol. The van der Waals surface area contributed by atoms with Crippen LogP contribution in [-0.4, -0.2) is 69.9 Å². The lowest BCUT2D eigenvalue weighted by molar-refractivity contribution is 0.126. The third-order valence-corrected chi connectivity index (χ3v) is 4.81. The first-order chi connectivity index (χ1) is 12.7. The van der Waals surface area contributed by atoms with Gasteiger partial charge >= 0.3 is 0 Å². The third kappa shape index (κ3) is 6.04. The van der Waals surface area contributed by atoms with Crippen LogP contribution in [0.4, 0.5) is 0 Å². The first-order valence-corrected chi connectivity index (χ1v) is 9.74. The van der Waals surface area contributed by atoms with E-state index in [2.05, 4.69) is 28.9 Å². The minimum Gasteiger partial charge on any atom is -0.493 e. The number of piperazine rings is 1. The Kier molecular flexibility index (Phi) is 9.01. The van der Waals surface area contributed by atoms with Gasteiger partial charge in [-0.2, -0.15) is 0 Å². The number of ether oxygens (including phenoxy) is 3. The predicted octanol–water partition coefficient (Wildman–Crippen LogP) is 2.35. The average Bonchev–Trinajstić information content (AvgIpc) is 2.68. The van der Waals surface area contributed by atoms with Crippen LogP contribution in [0.1, 0.15) is 31.7 Å². The largest absolute Gasteiger partial charge is 0.493 e. The number of rotatable bonds is 11. The maximum atomic E-state index is 5.91. The summed E-state index contributed by atoms with van der Waals surface area (Å²) < 4.78 is 17.0. The van der Waals surface area contributed by atoms with E-state index in [-0.39, 0.29) is 0 Å². The molecule has 0 atom stereocenters. The second-order valence-corrected chi connectivity index (χ2v) is 6.79. The number of nitrogens with zero attached hydrogens (tertiary/aromatic N) is 2. The molecule has 0 radical (unpaired) electrons. The summed E-state index contributed by atoms with van der Waals surface area (Å²) in [5.41, 5.74) is 6.80. The molecule has 26 heavy (non-hydrogen) atoms. The molecule has 1 aromatic carbocycles. The van der Waals surface area contributed by atoms with E-state index in [1.54, 1.807) is 14.2 Å². The van der Waals surface area contributed by atoms with Crippen LogP contribution >= 0.6 is 0 Å².